The minimum absolute atomic E-state index is 0.000825. The summed E-state index contributed by atoms with van der Waals surface area (Å²) < 4.78 is 0.943. The van der Waals surface area contributed by atoms with E-state index in [0.29, 0.717) is 0 Å². The Balaban J connectivity index is 2.32. The molecule has 0 aliphatic rings. The molecule has 0 aliphatic carbocycles. The summed E-state index contributed by atoms with van der Waals surface area (Å²) >= 11 is 3.46. The van der Waals surface area contributed by atoms with Crippen LogP contribution in [0.1, 0.15) is 16.7 Å². The predicted octanol–water partition coefficient (Wildman–Crippen LogP) is 4.84. The third kappa shape index (κ3) is 2.66. The van der Waals surface area contributed by atoms with E-state index in [0.717, 1.165) is 43.3 Å². The Morgan fingerprint density at radius 2 is 1.95 bits per heavy atom. The molecule has 0 spiro atoms. The summed E-state index contributed by atoms with van der Waals surface area (Å²) in [4.78, 5) is 14.7. The molecule has 22 heavy (non-hydrogen) atoms. The number of fused-ring (bicyclic) bond motifs is 1. The SMILES string of the molecule is Cc1ccc(C)c(-c2[nH]c3ccc(Br)cc3c2CC(=O)O)c1. The molecule has 3 nitrogen and oxygen atoms in total. The number of nitrogens with one attached hydrogen (secondary N) is 1. The largest absolute Gasteiger partial charge is 0.481 e. The zero-order valence-corrected chi connectivity index (χ0v) is 14.0. The quantitative estimate of drug-likeness (QED) is 0.704. The number of aryl methyl sites for hydroxylation is 2. The summed E-state index contributed by atoms with van der Waals surface area (Å²) in [6, 6.07) is 12.1. The van der Waals surface area contributed by atoms with Gasteiger partial charge in [-0.2, -0.15) is 0 Å². The van der Waals surface area contributed by atoms with Crippen molar-refractivity contribution in [1.29, 1.82) is 0 Å². The molecule has 2 aromatic carbocycles. The van der Waals surface area contributed by atoms with Crippen molar-refractivity contribution in [3.05, 3.63) is 57.6 Å². The lowest BCUT2D eigenvalue weighted by Gasteiger charge is -2.08. The first-order valence-corrected chi connectivity index (χ1v) is 7.84. The van der Waals surface area contributed by atoms with Gasteiger partial charge in [0.25, 0.3) is 0 Å². The maximum Gasteiger partial charge on any atom is 0.307 e. The topological polar surface area (TPSA) is 53.1 Å². The highest BCUT2D eigenvalue weighted by Crippen LogP contribution is 2.34. The molecule has 0 saturated heterocycles. The zero-order valence-electron chi connectivity index (χ0n) is 12.4. The highest BCUT2D eigenvalue weighted by molar-refractivity contribution is 9.10. The van der Waals surface area contributed by atoms with Crippen molar-refractivity contribution in [2.75, 3.05) is 0 Å². The van der Waals surface area contributed by atoms with Crippen molar-refractivity contribution < 1.29 is 9.90 Å². The molecule has 4 heteroatoms. The number of halogens is 1. The van der Waals surface area contributed by atoms with E-state index < -0.39 is 5.97 Å². The van der Waals surface area contributed by atoms with Crippen LogP contribution in [0.15, 0.2) is 40.9 Å². The highest BCUT2D eigenvalue weighted by Gasteiger charge is 2.17. The monoisotopic (exact) mass is 357 g/mol. The number of rotatable bonds is 3. The number of carboxylic acids is 1. The van der Waals surface area contributed by atoms with Crippen LogP contribution in [0, 0.1) is 13.8 Å². The van der Waals surface area contributed by atoms with Crippen molar-refractivity contribution in [2.24, 2.45) is 0 Å². The first-order chi connectivity index (χ1) is 10.5. The van der Waals surface area contributed by atoms with Gasteiger partial charge in [-0.05, 0) is 49.2 Å². The lowest BCUT2D eigenvalue weighted by atomic mass is 9.98. The third-order valence-electron chi connectivity index (χ3n) is 3.86. The molecule has 0 unspecified atom stereocenters. The average Bonchev–Trinajstić information content (AvgIpc) is 2.79. The summed E-state index contributed by atoms with van der Waals surface area (Å²) in [5, 5.41) is 10.2. The van der Waals surface area contributed by atoms with Gasteiger partial charge < -0.3 is 10.1 Å². The van der Waals surface area contributed by atoms with E-state index in [1.807, 2.05) is 32.0 Å². The highest BCUT2D eigenvalue weighted by atomic mass is 79.9. The van der Waals surface area contributed by atoms with E-state index in [-0.39, 0.29) is 6.42 Å². The van der Waals surface area contributed by atoms with Crippen LogP contribution in [-0.2, 0) is 11.2 Å². The van der Waals surface area contributed by atoms with Crippen LogP contribution in [0.4, 0.5) is 0 Å². The molecule has 0 bridgehead atoms. The first kappa shape index (κ1) is 14.9. The molecule has 0 amide bonds. The molecule has 0 saturated carbocycles. The van der Waals surface area contributed by atoms with E-state index in [1.54, 1.807) is 0 Å². The minimum Gasteiger partial charge on any atom is -0.481 e. The molecule has 2 N–H and O–H groups in total. The van der Waals surface area contributed by atoms with Gasteiger partial charge in [-0.3, -0.25) is 4.79 Å². The van der Waals surface area contributed by atoms with Crippen LogP contribution < -0.4 is 0 Å². The second kappa shape index (κ2) is 5.61. The van der Waals surface area contributed by atoms with Gasteiger partial charge in [-0.15, -0.1) is 0 Å². The van der Waals surface area contributed by atoms with Crippen molar-refractivity contribution in [2.45, 2.75) is 20.3 Å². The van der Waals surface area contributed by atoms with Crippen LogP contribution >= 0.6 is 15.9 Å². The normalized spacial score (nSPS) is 11.0. The second-order valence-corrected chi connectivity index (χ2v) is 6.47. The molecule has 3 rings (SSSR count). The van der Waals surface area contributed by atoms with Gasteiger partial charge in [0.1, 0.15) is 0 Å². The molecule has 112 valence electrons. The summed E-state index contributed by atoms with van der Waals surface area (Å²) in [5.41, 5.74) is 6.03. The number of hydrogen-bond donors (Lipinski definition) is 2. The summed E-state index contributed by atoms with van der Waals surface area (Å²) in [6.45, 7) is 4.08. The van der Waals surface area contributed by atoms with Crippen molar-refractivity contribution in [1.82, 2.24) is 4.98 Å². The van der Waals surface area contributed by atoms with Gasteiger partial charge in [0.15, 0.2) is 0 Å². The number of aromatic amines is 1. The number of aromatic nitrogens is 1. The van der Waals surface area contributed by atoms with Gasteiger partial charge in [0.05, 0.1) is 12.1 Å². The van der Waals surface area contributed by atoms with Crippen LogP contribution in [-0.4, -0.2) is 16.1 Å². The molecule has 0 aliphatic heterocycles. The van der Waals surface area contributed by atoms with Crippen LogP contribution in [0.5, 0.6) is 0 Å². The Morgan fingerprint density at radius 1 is 1.18 bits per heavy atom. The van der Waals surface area contributed by atoms with Gasteiger partial charge in [0, 0.05) is 20.9 Å². The van der Waals surface area contributed by atoms with E-state index >= 15 is 0 Å². The lowest BCUT2D eigenvalue weighted by molar-refractivity contribution is -0.136. The van der Waals surface area contributed by atoms with Crippen LogP contribution in [0.25, 0.3) is 22.2 Å². The summed E-state index contributed by atoms with van der Waals surface area (Å²) in [7, 11) is 0. The van der Waals surface area contributed by atoms with Crippen molar-refractivity contribution >= 4 is 32.8 Å². The summed E-state index contributed by atoms with van der Waals surface area (Å²) in [6.07, 6.45) is -0.000825. The molecule has 0 fully saturated rings. The van der Waals surface area contributed by atoms with Crippen LogP contribution in [0.2, 0.25) is 0 Å². The molecular weight excluding hydrogens is 342 g/mol. The number of aliphatic carboxylic acids is 1. The molecular formula is C18H16BrNO2. The fourth-order valence-electron chi connectivity index (χ4n) is 2.79. The lowest BCUT2D eigenvalue weighted by Crippen LogP contribution is -2.01. The van der Waals surface area contributed by atoms with Crippen molar-refractivity contribution in [3.8, 4) is 11.3 Å². The Kier molecular flexibility index (Phi) is 3.79. The maximum atomic E-state index is 11.3. The average molecular weight is 358 g/mol. The van der Waals surface area contributed by atoms with Crippen LogP contribution in [0.3, 0.4) is 0 Å². The van der Waals surface area contributed by atoms with Gasteiger partial charge >= 0.3 is 5.97 Å². The number of hydrogen-bond acceptors (Lipinski definition) is 1. The fourth-order valence-corrected chi connectivity index (χ4v) is 3.15. The van der Waals surface area contributed by atoms with E-state index in [2.05, 4.69) is 39.1 Å². The Morgan fingerprint density at radius 3 is 2.68 bits per heavy atom. The first-order valence-electron chi connectivity index (χ1n) is 7.05. The van der Waals surface area contributed by atoms with Gasteiger partial charge in [-0.25, -0.2) is 0 Å². The Bertz CT molecular complexity index is 880. The molecule has 1 heterocycles. The molecule has 3 aromatic rings. The van der Waals surface area contributed by atoms with E-state index in [4.69, 9.17) is 0 Å². The molecule has 0 radical (unpaired) electrons. The zero-order chi connectivity index (χ0) is 15.9. The van der Waals surface area contributed by atoms with Crippen molar-refractivity contribution in [3.63, 3.8) is 0 Å². The van der Waals surface area contributed by atoms with E-state index in [1.165, 1.54) is 0 Å². The molecule has 1 aromatic heterocycles. The fraction of sp³-hybridized carbons (Fsp3) is 0.167. The number of carbonyl (C=O) groups is 1. The molecule has 0 atom stereocenters. The predicted molar refractivity (Wildman–Crippen MR) is 92.2 cm³/mol. The van der Waals surface area contributed by atoms with Gasteiger partial charge in [-0.1, -0.05) is 33.6 Å². The summed E-state index contributed by atoms with van der Waals surface area (Å²) in [5.74, 6) is -0.826. The smallest absolute Gasteiger partial charge is 0.307 e. The van der Waals surface area contributed by atoms with E-state index in [9.17, 15) is 9.90 Å². The number of benzene rings is 2. The Hall–Kier alpha value is -2.07. The Labute approximate surface area is 137 Å². The standard InChI is InChI=1S/C18H16BrNO2/c1-10-3-4-11(2)13(7-10)18-15(9-17(21)22)14-8-12(19)5-6-16(14)20-18/h3-8,20H,9H2,1-2H3,(H,21,22). The van der Waals surface area contributed by atoms with Gasteiger partial charge in [0.2, 0.25) is 0 Å². The third-order valence-corrected chi connectivity index (χ3v) is 4.35. The second-order valence-electron chi connectivity index (χ2n) is 5.56. The minimum atomic E-state index is -0.826. The maximum absolute atomic E-state index is 11.3. The number of H-pyrrole nitrogens is 1. The number of carboxylic acid groups (broad SMARTS) is 1.